The van der Waals surface area contributed by atoms with E-state index in [0.29, 0.717) is 6.54 Å². The molecule has 0 spiro atoms. The summed E-state index contributed by atoms with van der Waals surface area (Å²) in [5.74, 6) is -0.252. The van der Waals surface area contributed by atoms with Crippen LogP contribution in [0.5, 0.6) is 0 Å². The van der Waals surface area contributed by atoms with Crippen molar-refractivity contribution in [2.75, 3.05) is 37.6 Å². The summed E-state index contributed by atoms with van der Waals surface area (Å²) in [7, 11) is 0. The highest BCUT2D eigenvalue weighted by Gasteiger charge is 2.24. The van der Waals surface area contributed by atoms with Crippen LogP contribution in [0.15, 0.2) is 24.3 Å². The van der Waals surface area contributed by atoms with Crippen LogP contribution in [0.1, 0.15) is 20.8 Å². The second-order valence-electron chi connectivity index (χ2n) is 7.12. The van der Waals surface area contributed by atoms with Crippen LogP contribution >= 0.6 is 11.6 Å². The van der Waals surface area contributed by atoms with Gasteiger partial charge in [0.15, 0.2) is 6.54 Å². The van der Waals surface area contributed by atoms with Gasteiger partial charge in [0, 0.05) is 5.54 Å². The molecule has 3 amide bonds. The number of carbonyl (C=O) groups is 2. The Bertz CT molecular complexity index is 592. The minimum absolute atomic E-state index is 0.252. The Balaban J connectivity index is 1.78. The molecule has 0 unspecified atom stereocenters. The summed E-state index contributed by atoms with van der Waals surface area (Å²) in [6.07, 6.45) is 0. The smallest absolute Gasteiger partial charge is 0.322 e. The first kappa shape index (κ1) is 18.5. The second kappa shape index (κ2) is 7.85. The fraction of sp³-hybridized carbons (Fsp3) is 0.529. The highest BCUT2D eigenvalue weighted by molar-refractivity contribution is 6.33. The SMILES string of the molecule is CC(C)(C)NC(=O)NC(=O)C[NH+]1CCN(c2ccccc2Cl)CC1. The predicted molar refractivity (Wildman–Crippen MR) is 95.7 cm³/mol. The molecule has 0 atom stereocenters. The first-order valence-corrected chi connectivity index (χ1v) is 8.57. The molecule has 1 saturated heterocycles. The van der Waals surface area contributed by atoms with E-state index in [4.69, 9.17) is 11.6 Å². The number of imide groups is 1. The predicted octanol–water partition coefficient (Wildman–Crippen LogP) is 0.669. The van der Waals surface area contributed by atoms with E-state index in [1.165, 1.54) is 4.90 Å². The molecule has 1 aromatic rings. The first-order valence-electron chi connectivity index (χ1n) is 8.19. The lowest BCUT2D eigenvalue weighted by Gasteiger charge is -2.33. The van der Waals surface area contributed by atoms with Crippen molar-refractivity contribution in [3.8, 4) is 0 Å². The van der Waals surface area contributed by atoms with E-state index in [-0.39, 0.29) is 11.4 Å². The van der Waals surface area contributed by atoms with Crippen LogP contribution in [0, 0.1) is 0 Å². The topological polar surface area (TPSA) is 65.9 Å². The minimum atomic E-state index is -0.443. The molecule has 0 radical (unpaired) electrons. The van der Waals surface area contributed by atoms with Gasteiger partial charge in [-0.1, -0.05) is 23.7 Å². The number of hydrogen-bond acceptors (Lipinski definition) is 3. The van der Waals surface area contributed by atoms with Gasteiger partial charge in [0.05, 0.1) is 36.9 Å². The molecule has 2 rings (SSSR count). The Hall–Kier alpha value is -1.79. The van der Waals surface area contributed by atoms with Crippen LogP contribution in [0.3, 0.4) is 0 Å². The van der Waals surface area contributed by atoms with Gasteiger partial charge in [-0.05, 0) is 32.9 Å². The lowest BCUT2D eigenvalue weighted by Crippen LogP contribution is -3.16. The molecule has 24 heavy (non-hydrogen) atoms. The number of urea groups is 1. The standard InChI is InChI=1S/C17H25ClN4O2/c1-17(2,3)20-16(24)19-15(23)12-21-8-10-22(11-9-21)14-7-5-4-6-13(14)18/h4-7H,8-12H2,1-3H3,(H2,19,20,23,24)/p+1. The van der Waals surface area contributed by atoms with E-state index in [2.05, 4.69) is 15.5 Å². The molecule has 0 bridgehead atoms. The molecule has 0 saturated carbocycles. The Labute approximate surface area is 148 Å². The van der Waals surface area contributed by atoms with Crippen LogP contribution in [0.2, 0.25) is 5.02 Å². The number of para-hydroxylation sites is 1. The van der Waals surface area contributed by atoms with Crippen molar-refractivity contribution in [1.82, 2.24) is 10.6 Å². The third kappa shape index (κ3) is 5.69. The van der Waals surface area contributed by atoms with E-state index < -0.39 is 6.03 Å². The number of piperazine rings is 1. The zero-order valence-corrected chi connectivity index (χ0v) is 15.2. The summed E-state index contributed by atoms with van der Waals surface area (Å²) < 4.78 is 0. The number of nitrogens with zero attached hydrogens (tertiary/aromatic N) is 1. The maximum atomic E-state index is 12.0. The van der Waals surface area contributed by atoms with Crippen LogP contribution in [0.4, 0.5) is 10.5 Å². The molecular weight excluding hydrogens is 328 g/mol. The lowest BCUT2D eigenvalue weighted by molar-refractivity contribution is -0.892. The van der Waals surface area contributed by atoms with E-state index in [0.717, 1.165) is 36.9 Å². The van der Waals surface area contributed by atoms with Gasteiger partial charge in [-0.3, -0.25) is 10.1 Å². The minimum Gasteiger partial charge on any atom is -0.359 e. The number of hydrogen-bond donors (Lipinski definition) is 3. The normalized spacial score (nSPS) is 15.9. The number of halogens is 1. The average Bonchev–Trinajstić information content (AvgIpc) is 2.46. The largest absolute Gasteiger partial charge is 0.359 e. The highest BCUT2D eigenvalue weighted by Crippen LogP contribution is 2.24. The van der Waals surface area contributed by atoms with Gasteiger partial charge in [0.25, 0.3) is 5.91 Å². The summed E-state index contributed by atoms with van der Waals surface area (Å²) in [4.78, 5) is 27.1. The van der Waals surface area contributed by atoms with E-state index in [1.54, 1.807) is 0 Å². The third-order valence-electron chi connectivity index (χ3n) is 3.82. The van der Waals surface area contributed by atoms with E-state index >= 15 is 0 Å². The third-order valence-corrected chi connectivity index (χ3v) is 4.14. The number of benzene rings is 1. The van der Waals surface area contributed by atoms with E-state index in [1.807, 2.05) is 45.0 Å². The first-order chi connectivity index (χ1) is 11.2. The summed E-state index contributed by atoms with van der Waals surface area (Å²) in [6, 6.07) is 7.35. The second-order valence-corrected chi connectivity index (χ2v) is 7.52. The summed E-state index contributed by atoms with van der Waals surface area (Å²) >= 11 is 6.23. The van der Waals surface area contributed by atoms with E-state index in [9.17, 15) is 9.59 Å². The summed E-state index contributed by atoms with van der Waals surface area (Å²) in [6.45, 7) is 9.25. The molecule has 1 heterocycles. The average molecular weight is 354 g/mol. The highest BCUT2D eigenvalue weighted by atomic mass is 35.5. The van der Waals surface area contributed by atoms with Gasteiger partial charge >= 0.3 is 6.03 Å². The fourth-order valence-corrected chi connectivity index (χ4v) is 2.97. The molecule has 132 valence electrons. The number of rotatable bonds is 3. The lowest BCUT2D eigenvalue weighted by atomic mass is 10.1. The van der Waals surface area contributed by atoms with Gasteiger partial charge in [-0.25, -0.2) is 4.79 Å². The van der Waals surface area contributed by atoms with Crippen molar-refractivity contribution in [2.45, 2.75) is 26.3 Å². The van der Waals surface area contributed by atoms with Crippen LogP contribution in [0.25, 0.3) is 0 Å². The van der Waals surface area contributed by atoms with Crippen molar-refractivity contribution in [2.24, 2.45) is 0 Å². The Morgan fingerprint density at radius 2 is 1.83 bits per heavy atom. The number of nitrogens with one attached hydrogen (secondary N) is 3. The molecule has 0 aromatic heterocycles. The zero-order chi connectivity index (χ0) is 17.7. The van der Waals surface area contributed by atoms with Crippen LogP contribution in [-0.4, -0.2) is 50.2 Å². The molecule has 3 N–H and O–H groups in total. The molecule has 7 heteroatoms. The fourth-order valence-electron chi connectivity index (χ4n) is 2.72. The summed E-state index contributed by atoms with van der Waals surface area (Å²) in [5.41, 5.74) is 0.671. The van der Waals surface area contributed by atoms with Crippen molar-refractivity contribution in [1.29, 1.82) is 0 Å². The van der Waals surface area contributed by atoms with Crippen molar-refractivity contribution < 1.29 is 14.5 Å². The quantitative estimate of drug-likeness (QED) is 0.748. The number of anilines is 1. The Morgan fingerprint density at radius 1 is 1.21 bits per heavy atom. The van der Waals surface area contributed by atoms with Gasteiger partial charge in [-0.15, -0.1) is 0 Å². The van der Waals surface area contributed by atoms with Gasteiger partial charge in [-0.2, -0.15) is 0 Å². The number of amides is 3. The number of quaternary nitrogens is 1. The van der Waals surface area contributed by atoms with Gasteiger partial charge in [0.1, 0.15) is 0 Å². The molecule has 1 aromatic carbocycles. The van der Waals surface area contributed by atoms with Crippen molar-refractivity contribution in [3.63, 3.8) is 0 Å². The van der Waals surface area contributed by atoms with Gasteiger partial charge in [0.2, 0.25) is 0 Å². The maximum Gasteiger partial charge on any atom is 0.322 e. The van der Waals surface area contributed by atoms with Crippen molar-refractivity contribution >= 4 is 29.2 Å². The maximum absolute atomic E-state index is 12.0. The van der Waals surface area contributed by atoms with Crippen LogP contribution < -0.4 is 20.4 Å². The molecule has 0 aliphatic carbocycles. The zero-order valence-electron chi connectivity index (χ0n) is 14.5. The molecular formula is C17H26ClN4O2+. The number of carbonyl (C=O) groups excluding carboxylic acids is 2. The Kier molecular flexibility index (Phi) is 6.07. The van der Waals surface area contributed by atoms with Crippen molar-refractivity contribution in [3.05, 3.63) is 29.3 Å². The molecule has 1 aliphatic heterocycles. The van der Waals surface area contributed by atoms with Gasteiger partial charge < -0.3 is 15.1 Å². The summed E-state index contributed by atoms with van der Waals surface area (Å²) in [5, 5.41) is 5.86. The molecule has 6 nitrogen and oxygen atoms in total. The monoisotopic (exact) mass is 353 g/mol. The Morgan fingerprint density at radius 3 is 2.42 bits per heavy atom. The molecule has 1 fully saturated rings. The molecule has 1 aliphatic rings. The van der Waals surface area contributed by atoms with Crippen LogP contribution in [-0.2, 0) is 4.79 Å².